The van der Waals surface area contributed by atoms with E-state index in [0.717, 1.165) is 18.9 Å². The number of nitrogens with two attached hydrogens (primary N) is 1. The fraction of sp³-hybridized carbons (Fsp3) is 1.00. The molecule has 0 heterocycles. The lowest BCUT2D eigenvalue weighted by Gasteiger charge is -2.35. The molecule has 3 heteroatoms. The van der Waals surface area contributed by atoms with Crippen LogP contribution >= 0.6 is 0 Å². The molecule has 13 heavy (non-hydrogen) atoms. The van der Waals surface area contributed by atoms with E-state index in [2.05, 4.69) is 12.2 Å². The zero-order chi connectivity index (χ0) is 9.68. The topological polar surface area (TPSA) is 58.3 Å². The Kier molecular flexibility index (Phi) is 4.70. The molecule has 2 unspecified atom stereocenters. The lowest BCUT2D eigenvalue weighted by atomic mass is 9.79. The number of nitrogens with one attached hydrogen (secondary N) is 1. The standard InChI is InChI=1S/C10H22N2O/c1-8(5-6-13)12-10(7-11)9-3-2-4-9/h8-10,12-13H,2-7,11H2,1H3. The monoisotopic (exact) mass is 186 g/mol. The van der Waals surface area contributed by atoms with Gasteiger partial charge >= 0.3 is 0 Å². The van der Waals surface area contributed by atoms with E-state index >= 15 is 0 Å². The summed E-state index contributed by atoms with van der Waals surface area (Å²) in [6.07, 6.45) is 4.82. The van der Waals surface area contributed by atoms with Gasteiger partial charge in [0.15, 0.2) is 0 Å². The van der Waals surface area contributed by atoms with Crippen molar-refractivity contribution in [1.29, 1.82) is 0 Å². The van der Waals surface area contributed by atoms with Crippen LogP contribution in [0, 0.1) is 5.92 Å². The summed E-state index contributed by atoms with van der Waals surface area (Å²) in [5.74, 6) is 0.783. The summed E-state index contributed by atoms with van der Waals surface area (Å²) in [5.41, 5.74) is 5.70. The fourth-order valence-corrected chi connectivity index (χ4v) is 1.88. The molecule has 1 aliphatic rings. The van der Waals surface area contributed by atoms with Crippen molar-refractivity contribution < 1.29 is 5.11 Å². The van der Waals surface area contributed by atoms with Crippen LogP contribution in [0.15, 0.2) is 0 Å². The Bertz CT molecular complexity index is 137. The van der Waals surface area contributed by atoms with E-state index in [1.165, 1.54) is 19.3 Å². The van der Waals surface area contributed by atoms with Crippen molar-refractivity contribution in [2.24, 2.45) is 11.7 Å². The predicted molar refractivity (Wildman–Crippen MR) is 54.5 cm³/mol. The molecule has 0 aromatic carbocycles. The second-order valence-corrected chi connectivity index (χ2v) is 4.11. The summed E-state index contributed by atoms with van der Waals surface area (Å²) < 4.78 is 0. The lowest BCUT2D eigenvalue weighted by Crippen LogP contribution is -2.48. The first-order valence-electron chi connectivity index (χ1n) is 5.35. The average Bonchev–Trinajstić information content (AvgIpc) is 2.00. The highest BCUT2D eigenvalue weighted by Crippen LogP contribution is 2.29. The van der Waals surface area contributed by atoms with Crippen LogP contribution < -0.4 is 11.1 Å². The van der Waals surface area contributed by atoms with E-state index in [1.54, 1.807) is 0 Å². The van der Waals surface area contributed by atoms with E-state index in [0.29, 0.717) is 12.1 Å². The van der Waals surface area contributed by atoms with Gasteiger partial charge in [0.1, 0.15) is 0 Å². The minimum absolute atomic E-state index is 0.260. The summed E-state index contributed by atoms with van der Waals surface area (Å²) >= 11 is 0. The molecule has 78 valence electrons. The molecule has 1 fully saturated rings. The number of hydrogen-bond donors (Lipinski definition) is 3. The van der Waals surface area contributed by atoms with Gasteiger partial charge in [-0.2, -0.15) is 0 Å². The highest BCUT2D eigenvalue weighted by atomic mass is 16.3. The fourth-order valence-electron chi connectivity index (χ4n) is 1.88. The van der Waals surface area contributed by atoms with Crippen molar-refractivity contribution in [3.8, 4) is 0 Å². The van der Waals surface area contributed by atoms with Gasteiger partial charge < -0.3 is 16.2 Å². The summed E-state index contributed by atoms with van der Waals surface area (Å²) in [6.45, 7) is 3.09. The largest absolute Gasteiger partial charge is 0.396 e. The lowest BCUT2D eigenvalue weighted by molar-refractivity contribution is 0.204. The van der Waals surface area contributed by atoms with Crippen LogP contribution in [0.5, 0.6) is 0 Å². The van der Waals surface area contributed by atoms with Crippen molar-refractivity contribution in [2.45, 2.75) is 44.7 Å². The maximum absolute atomic E-state index is 8.76. The molecule has 0 aliphatic heterocycles. The first-order valence-corrected chi connectivity index (χ1v) is 5.35. The van der Waals surface area contributed by atoms with Gasteiger partial charge in [0, 0.05) is 25.2 Å². The van der Waals surface area contributed by atoms with E-state index < -0.39 is 0 Å². The van der Waals surface area contributed by atoms with Crippen molar-refractivity contribution >= 4 is 0 Å². The molecular formula is C10H22N2O. The smallest absolute Gasteiger partial charge is 0.0445 e. The molecule has 0 aromatic rings. The van der Waals surface area contributed by atoms with E-state index in [1.807, 2.05) is 0 Å². The SMILES string of the molecule is CC(CCO)NC(CN)C1CCC1. The molecule has 0 radical (unpaired) electrons. The van der Waals surface area contributed by atoms with Crippen LogP contribution in [0.25, 0.3) is 0 Å². The molecule has 0 spiro atoms. The third-order valence-corrected chi connectivity index (χ3v) is 3.03. The summed E-state index contributed by atoms with van der Waals surface area (Å²) in [6, 6.07) is 0.856. The second-order valence-electron chi connectivity index (χ2n) is 4.11. The van der Waals surface area contributed by atoms with Crippen molar-refractivity contribution in [1.82, 2.24) is 5.32 Å². The summed E-state index contributed by atoms with van der Waals surface area (Å²) in [7, 11) is 0. The van der Waals surface area contributed by atoms with Crippen molar-refractivity contribution in [2.75, 3.05) is 13.2 Å². The van der Waals surface area contributed by atoms with Gasteiger partial charge in [-0.3, -0.25) is 0 Å². The van der Waals surface area contributed by atoms with Gasteiger partial charge in [-0.15, -0.1) is 0 Å². The predicted octanol–water partition coefficient (Wildman–Crippen LogP) is 0.474. The highest BCUT2D eigenvalue weighted by Gasteiger charge is 2.26. The number of aliphatic hydroxyl groups is 1. The van der Waals surface area contributed by atoms with Gasteiger partial charge in [-0.05, 0) is 32.1 Å². The minimum atomic E-state index is 0.260. The zero-order valence-electron chi connectivity index (χ0n) is 8.50. The van der Waals surface area contributed by atoms with Gasteiger partial charge in [0.2, 0.25) is 0 Å². The van der Waals surface area contributed by atoms with Crippen molar-refractivity contribution in [3.05, 3.63) is 0 Å². The number of aliphatic hydroxyl groups excluding tert-OH is 1. The molecule has 0 saturated heterocycles. The van der Waals surface area contributed by atoms with Gasteiger partial charge in [-0.25, -0.2) is 0 Å². The molecule has 2 atom stereocenters. The Morgan fingerprint density at radius 3 is 2.62 bits per heavy atom. The van der Waals surface area contributed by atoms with Gasteiger partial charge in [-0.1, -0.05) is 6.42 Å². The van der Waals surface area contributed by atoms with E-state index in [4.69, 9.17) is 10.8 Å². The van der Waals surface area contributed by atoms with Crippen molar-refractivity contribution in [3.63, 3.8) is 0 Å². The number of hydrogen-bond acceptors (Lipinski definition) is 3. The van der Waals surface area contributed by atoms with Crippen LogP contribution in [0.1, 0.15) is 32.6 Å². The normalized spacial score (nSPS) is 22.4. The Morgan fingerprint density at radius 1 is 1.54 bits per heavy atom. The van der Waals surface area contributed by atoms with E-state index in [9.17, 15) is 0 Å². The molecule has 4 N–H and O–H groups in total. The molecule has 1 saturated carbocycles. The van der Waals surface area contributed by atoms with E-state index in [-0.39, 0.29) is 6.61 Å². The third-order valence-electron chi connectivity index (χ3n) is 3.03. The quantitative estimate of drug-likeness (QED) is 0.565. The van der Waals surface area contributed by atoms with Crippen LogP contribution in [0.4, 0.5) is 0 Å². The molecule has 1 rings (SSSR count). The Balaban J connectivity index is 2.21. The van der Waals surface area contributed by atoms with Gasteiger partial charge in [0.25, 0.3) is 0 Å². The second kappa shape index (κ2) is 5.58. The summed E-state index contributed by atoms with van der Waals surface area (Å²) in [5, 5.41) is 12.2. The third kappa shape index (κ3) is 3.25. The van der Waals surface area contributed by atoms with Crippen LogP contribution in [-0.4, -0.2) is 30.3 Å². The molecule has 1 aliphatic carbocycles. The van der Waals surface area contributed by atoms with Crippen LogP contribution in [-0.2, 0) is 0 Å². The minimum Gasteiger partial charge on any atom is -0.396 e. The van der Waals surface area contributed by atoms with Gasteiger partial charge in [0.05, 0.1) is 0 Å². The number of rotatable bonds is 6. The molecular weight excluding hydrogens is 164 g/mol. The molecule has 0 bridgehead atoms. The van der Waals surface area contributed by atoms with Crippen LogP contribution in [0.2, 0.25) is 0 Å². The highest BCUT2D eigenvalue weighted by molar-refractivity contribution is 4.84. The molecule has 3 nitrogen and oxygen atoms in total. The maximum atomic E-state index is 8.76. The Morgan fingerprint density at radius 2 is 2.23 bits per heavy atom. The molecule has 0 aromatic heterocycles. The maximum Gasteiger partial charge on any atom is 0.0445 e. The molecule has 0 amide bonds. The first-order chi connectivity index (χ1) is 6.27. The van der Waals surface area contributed by atoms with Crippen LogP contribution in [0.3, 0.4) is 0 Å². The summed E-state index contributed by atoms with van der Waals surface area (Å²) in [4.78, 5) is 0. The zero-order valence-corrected chi connectivity index (χ0v) is 8.50. The average molecular weight is 186 g/mol. The Hall–Kier alpha value is -0.120. The Labute approximate surface area is 80.7 Å². The first kappa shape index (κ1) is 11.0.